The Labute approximate surface area is 115 Å². The molecule has 0 spiro atoms. The fourth-order valence-corrected chi connectivity index (χ4v) is 2.15. The number of halogens is 1. The van der Waals surface area contributed by atoms with Gasteiger partial charge in [0, 0.05) is 17.4 Å². The summed E-state index contributed by atoms with van der Waals surface area (Å²) in [4.78, 5) is 24.9. The molecular weight excluding hydrogens is 267 g/mol. The van der Waals surface area contributed by atoms with Gasteiger partial charge in [-0.15, -0.1) is 0 Å². The first-order chi connectivity index (χ1) is 8.84. The molecule has 0 radical (unpaired) electrons. The smallest absolute Gasteiger partial charge is 0.237 e. The van der Waals surface area contributed by atoms with Gasteiger partial charge in [0.15, 0.2) is 0 Å². The van der Waals surface area contributed by atoms with E-state index >= 15 is 0 Å². The van der Waals surface area contributed by atoms with Gasteiger partial charge in [0.05, 0.1) is 5.69 Å². The average Bonchev–Trinajstić information content (AvgIpc) is 2.55. The minimum absolute atomic E-state index is 0.0498. The number of nitrogens with two attached hydrogens (primary N) is 1. The van der Waals surface area contributed by atoms with E-state index < -0.39 is 17.7 Å². The lowest BCUT2D eigenvalue weighted by molar-refractivity contribution is -0.122. The fraction of sp³-hybridized carbons (Fsp3) is 0.308. The van der Waals surface area contributed by atoms with Gasteiger partial charge in [-0.1, -0.05) is 26.1 Å². The second-order valence-corrected chi connectivity index (χ2v) is 5.06. The minimum Gasteiger partial charge on any atom is -0.389 e. The first-order valence-electron chi connectivity index (χ1n) is 5.81. The molecular formula is C13H13FN2O2S. The number of nitrogens with zero attached hydrogens (tertiary/aromatic N) is 1. The Morgan fingerprint density at radius 3 is 2.21 bits per heavy atom. The number of hydrogen-bond acceptors (Lipinski definition) is 3. The van der Waals surface area contributed by atoms with Gasteiger partial charge in [-0.3, -0.25) is 9.59 Å². The molecule has 0 bridgehead atoms. The average molecular weight is 280 g/mol. The molecule has 0 saturated carbocycles. The molecule has 4 nitrogen and oxygen atoms in total. The van der Waals surface area contributed by atoms with E-state index in [4.69, 9.17) is 18.0 Å². The topological polar surface area (TPSA) is 63.4 Å². The van der Waals surface area contributed by atoms with E-state index in [1.807, 2.05) is 0 Å². The molecule has 2 unspecified atom stereocenters. The number of anilines is 1. The van der Waals surface area contributed by atoms with Gasteiger partial charge in [-0.25, -0.2) is 9.29 Å². The van der Waals surface area contributed by atoms with Crippen molar-refractivity contribution in [2.24, 2.45) is 17.6 Å². The third-order valence-electron chi connectivity index (χ3n) is 3.44. The Balaban J connectivity index is 2.46. The molecule has 19 heavy (non-hydrogen) atoms. The summed E-state index contributed by atoms with van der Waals surface area (Å²) in [5.74, 6) is -2.35. The Morgan fingerprint density at radius 2 is 1.79 bits per heavy atom. The van der Waals surface area contributed by atoms with E-state index in [0.29, 0.717) is 5.56 Å². The Morgan fingerprint density at radius 1 is 1.26 bits per heavy atom. The molecule has 100 valence electrons. The van der Waals surface area contributed by atoms with Gasteiger partial charge in [-0.2, -0.15) is 0 Å². The summed E-state index contributed by atoms with van der Waals surface area (Å²) in [6.07, 6.45) is 0. The number of carbonyl (C=O) groups is 2. The Kier molecular flexibility index (Phi) is 3.36. The van der Waals surface area contributed by atoms with Gasteiger partial charge in [0.1, 0.15) is 10.8 Å². The SMILES string of the molecule is CC1C(=O)N(c2ccc(C(N)=S)cc2F)C(=O)C1C. The summed E-state index contributed by atoms with van der Waals surface area (Å²) in [5, 5.41) is 0. The molecule has 2 N–H and O–H groups in total. The van der Waals surface area contributed by atoms with Crippen LogP contribution in [0.15, 0.2) is 18.2 Å². The third kappa shape index (κ3) is 2.12. The molecule has 0 aliphatic carbocycles. The van der Waals surface area contributed by atoms with Gasteiger partial charge in [0.25, 0.3) is 0 Å². The number of carbonyl (C=O) groups excluding carboxylic acids is 2. The van der Waals surface area contributed by atoms with Crippen LogP contribution in [0.25, 0.3) is 0 Å². The summed E-state index contributed by atoms with van der Waals surface area (Å²) >= 11 is 4.75. The number of imide groups is 1. The maximum Gasteiger partial charge on any atom is 0.237 e. The van der Waals surface area contributed by atoms with Crippen LogP contribution in [0.5, 0.6) is 0 Å². The van der Waals surface area contributed by atoms with E-state index in [0.717, 1.165) is 11.0 Å². The highest BCUT2D eigenvalue weighted by Gasteiger charge is 2.43. The lowest BCUT2D eigenvalue weighted by Gasteiger charge is -2.16. The number of hydrogen-bond donors (Lipinski definition) is 1. The second-order valence-electron chi connectivity index (χ2n) is 4.62. The number of rotatable bonds is 2. The minimum atomic E-state index is -0.687. The zero-order valence-corrected chi connectivity index (χ0v) is 11.3. The van der Waals surface area contributed by atoms with E-state index in [2.05, 4.69) is 0 Å². The molecule has 1 aromatic carbocycles. The van der Waals surface area contributed by atoms with Crippen molar-refractivity contribution in [1.29, 1.82) is 0 Å². The molecule has 2 amide bonds. The Hall–Kier alpha value is -1.82. The van der Waals surface area contributed by atoms with Crippen molar-refractivity contribution in [1.82, 2.24) is 0 Å². The van der Waals surface area contributed by atoms with Crippen LogP contribution in [0.4, 0.5) is 10.1 Å². The van der Waals surface area contributed by atoms with Crippen LogP contribution in [0, 0.1) is 17.7 Å². The second kappa shape index (κ2) is 4.70. The molecule has 1 saturated heterocycles. The lowest BCUT2D eigenvalue weighted by atomic mass is 10.00. The van der Waals surface area contributed by atoms with Gasteiger partial charge < -0.3 is 5.73 Å². The lowest BCUT2D eigenvalue weighted by Crippen LogP contribution is -2.31. The van der Waals surface area contributed by atoms with Crippen molar-refractivity contribution in [3.8, 4) is 0 Å². The number of thiocarbonyl (C=S) groups is 1. The summed E-state index contributed by atoms with van der Waals surface area (Å²) in [5.41, 5.74) is 5.71. The fourth-order valence-electron chi connectivity index (χ4n) is 2.02. The largest absolute Gasteiger partial charge is 0.389 e. The van der Waals surface area contributed by atoms with Crippen molar-refractivity contribution >= 4 is 34.7 Å². The van der Waals surface area contributed by atoms with E-state index in [-0.39, 0.29) is 22.5 Å². The first kappa shape index (κ1) is 13.6. The zero-order chi connectivity index (χ0) is 14.3. The van der Waals surface area contributed by atoms with Crippen molar-refractivity contribution in [2.45, 2.75) is 13.8 Å². The van der Waals surface area contributed by atoms with Gasteiger partial charge in [-0.05, 0) is 18.2 Å². The van der Waals surface area contributed by atoms with Crippen LogP contribution < -0.4 is 10.6 Å². The normalized spacial score (nSPS) is 23.0. The highest BCUT2D eigenvalue weighted by atomic mass is 32.1. The summed E-state index contributed by atoms with van der Waals surface area (Å²) in [6.45, 7) is 3.32. The maximum absolute atomic E-state index is 14.0. The van der Waals surface area contributed by atoms with Gasteiger partial charge in [0.2, 0.25) is 11.8 Å². The van der Waals surface area contributed by atoms with Crippen molar-refractivity contribution < 1.29 is 14.0 Å². The molecule has 1 aliphatic rings. The van der Waals surface area contributed by atoms with E-state index in [1.165, 1.54) is 12.1 Å². The van der Waals surface area contributed by atoms with Crippen LogP contribution >= 0.6 is 12.2 Å². The molecule has 2 rings (SSSR count). The standard InChI is InChI=1S/C13H13FN2O2S/c1-6-7(2)13(18)16(12(6)17)10-4-3-8(11(15)19)5-9(10)14/h3-7H,1-2H3,(H2,15,19). The summed E-state index contributed by atoms with van der Waals surface area (Å²) < 4.78 is 14.0. The molecule has 1 heterocycles. The Bertz CT molecular complexity index is 568. The molecule has 0 aromatic heterocycles. The van der Waals surface area contributed by atoms with Crippen LogP contribution in [0.1, 0.15) is 19.4 Å². The van der Waals surface area contributed by atoms with E-state index in [1.54, 1.807) is 13.8 Å². The number of amides is 2. The quantitative estimate of drug-likeness (QED) is 0.660. The van der Waals surface area contributed by atoms with Crippen LogP contribution in [-0.4, -0.2) is 16.8 Å². The van der Waals surface area contributed by atoms with Gasteiger partial charge >= 0.3 is 0 Å². The molecule has 1 aromatic rings. The predicted molar refractivity (Wildman–Crippen MR) is 73.1 cm³/mol. The van der Waals surface area contributed by atoms with Crippen molar-refractivity contribution in [2.75, 3.05) is 4.90 Å². The predicted octanol–water partition coefficient (Wildman–Crippen LogP) is 1.61. The van der Waals surface area contributed by atoms with Crippen LogP contribution in [-0.2, 0) is 9.59 Å². The highest BCUT2D eigenvalue weighted by Crippen LogP contribution is 2.32. The summed E-state index contributed by atoms with van der Waals surface area (Å²) in [7, 11) is 0. The zero-order valence-electron chi connectivity index (χ0n) is 10.5. The summed E-state index contributed by atoms with van der Waals surface area (Å²) in [6, 6.07) is 3.98. The monoisotopic (exact) mass is 280 g/mol. The van der Waals surface area contributed by atoms with Crippen molar-refractivity contribution in [3.05, 3.63) is 29.6 Å². The number of benzene rings is 1. The van der Waals surface area contributed by atoms with E-state index in [9.17, 15) is 14.0 Å². The first-order valence-corrected chi connectivity index (χ1v) is 6.22. The van der Waals surface area contributed by atoms with Crippen LogP contribution in [0.2, 0.25) is 0 Å². The maximum atomic E-state index is 14.0. The van der Waals surface area contributed by atoms with Crippen molar-refractivity contribution in [3.63, 3.8) is 0 Å². The van der Waals surface area contributed by atoms with Crippen LogP contribution in [0.3, 0.4) is 0 Å². The highest BCUT2D eigenvalue weighted by molar-refractivity contribution is 7.80. The molecule has 6 heteroatoms. The molecule has 1 fully saturated rings. The molecule has 1 aliphatic heterocycles. The third-order valence-corrected chi connectivity index (χ3v) is 3.68. The molecule has 2 atom stereocenters.